The van der Waals surface area contributed by atoms with Crippen LogP contribution < -0.4 is 0 Å². The lowest BCUT2D eigenvalue weighted by molar-refractivity contribution is -0.141. The number of rotatable bonds is 3. The highest BCUT2D eigenvalue weighted by Gasteiger charge is 2.15. The molecule has 0 spiro atoms. The molecule has 4 heteroatoms. The Labute approximate surface area is 93.5 Å². The van der Waals surface area contributed by atoms with Gasteiger partial charge in [-0.2, -0.15) is 0 Å². The lowest BCUT2D eigenvalue weighted by Gasteiger charge is -2.10. The molecule has 2 rings (SSSR count). The second-order valence-corrected chi connectivity index (χ2v) is 4.00. The van der Waals surface area contributed by atoms with Crippen LogP contribution in [0.5, 0.6) is 0 Å². The topological polar surface area (TPSA) is 55.1 Å². The molecule has 1 N–H and O–H groups in total. The quantitative estimate of drug-likeness (QED) is 0.858. The normalized spacial score (nSPS) is 12.9. The Kier molecular flexibility index (Phi) is 2.64. The summed E-state index contributed by atoms with van der Waals surface area (Å²) in [6.45, 7) is 4.06. The van der Waals surface area contributed by atoms with E-state index < -0.39 is 11.9 Å². The Balaban J connectivity index is 2.43. The van der Waals surface area contributed by atoms with Gasteiger partial charge in [-0.15, -0.1) is 0 Å². The molecule has 0 aliphatic carbocycles. The van der Waals surface area contributed by atoms with Crippen molar-refractivity contribution in [2.24, 2.45) is 5.92 Å². The van der Waals surface area contributed by atoms with Gasteiger partial charge in [-0.1, -0.05) is 19.1 Å². The number of benzene rings is 1. The van der Waals surface area contributed by atoms with E-state index in [4.69, 9.17) is 5.11 Å². The van der Waals surface area contributed by atoms with Crippen molar-refractivity contribution in [2.75, 3.05) is 0 Å². The number of fused-ring (bicyclic) bond motifs is 1. The summed E-state index contributed by atoms with van der Waals surface area (Å²) in [5.74, 6) is -0.331. The molecule has 0 saturated heterocycles. The molecule has 84 valence electrons. The monoisotopic (exact) mass is 218 g/mol. The van der Waals surface area contributed by atoms with E-state index >= 15 is 0 Å². The van der Waals surface area contributed by atoms with Crippen molar-refractivity contribution in [1.29, 1.82) is 0 Å². The van der Waals surface area contributed by atoms with Gasteiger partial charge in [-0.25, -0.2) is 4.98 Å². The van der Waals surface area contributed by atoms with Gasteiger partial charge >= 0.3 is 5.97 Å². The summed E-state index contributed by atoms with van der Waals surface area (Å²) in [6.07, 6.45) is 0. The van der Waals surface area contributed by atoms with E-state index in [9.17, 15) is 4.79 Å². The molecule has 16 heavy (non-hydrogen) atoms. The van der Waals surface area contributed by atoms with Crippen LogP contribution in [0.1, 0.15) is 12.7 Å². The second-order valence-electron chi connectivity index (χ2n) is 4.00. The minimum absolute atomic E-state index is 0.406. The fraction of sp³-hybridized carbons (Fsp3) is 0.333. The Hall–Kier alpha value is -1.84. The van der Waals surface area contributed by atoms with Crippen LogP contribution in [0.25, 0.3) is 11.0 Å². The molecule has 1 aromatic carbocycles. The highest BCUT2D eigenvalue weighted by atomic mass is 16.4. The van der Waals surface area contributed by atoms with Crippen molar-refractivity contribution < 1.29 is 9.90 Å². The molecule has 0 saturated carbocycles. The molecule has 0 unspecified atom stereocenters. The van der Waals surface area contributed by atoms with Gasteiger partial charge in [0.1, 0.15) is 5.82 Å². The lowest BCUT2D eigenvalue weighted by Crippen LogP contribution is -2.17. The van der Waals surface area contributed by atoms with Crippen molar-refractivity contribution in [3.05, 3.63) is 30.1 Å². The summed E-state index contributed by atoms with van der Waals surface area (Å²) in [6, 6.07) is 7.76. The Morgan fingerprint density at radius 2 is 2.19 bits per heavy atom. The Morgan fingerprint density at radius 3 is 2.88 bits per heavy atom. The van der Waals surface area contributed by atoms with Crippen LogP contribution in [0.2, 0.25) is 0 Å². The molecule has 1 heterocycles. The number of hydrogen-bond donors (Lipinski definition) is 1. The van der Waals surface area contributed by atoms with Gasteiger partial charge in [0.05, 0.1) is 17.0 Å². The van der Waals surface area contributed by atoms with Crippen LogP contribution in [0, 0.1) is 12.8 Å². The van der Waals surface area contributed by atoms with Crippen LogP contribution in [0.3, 0.4) is 0 Å². The highest BCUT2D eigenvalue weighted by molar-refractivity contribution is 5.76. The van der Waals surface area contributed by atoms with Crippen molar-refractivity contribution in [3.8, 4) is 0 Å². The number of aromatic nitrogens is 2. The van der Waals surface area contributed by atoms with Gasteiger partial charge in [0, 0.05) is 6.54 Å². The first kappa shape index (κ1) is 10.7. The summed E-state index contributed by atoms with van der Waals surface area (Å²) >= 11 is 0. The first-order valence-corrected chi connectivity index (χ1v) is 5.24. The maximum absolute atomic E-state index is 10.8. The molecule has 1 atom stereocenters. The van der Waals surface area contributed by atoms with E-state index in [0.717, 1.165) is 16.9 Å². The maximum atomic E-state index is 10.8. The van der Waals surface area contributed by atoms with Crippen molar-refractivity contribution in [2.45, 2.75) is 20.4 Å². The molecule has 0 aliphatic heterocycles. The van der Waals surface area contributed by atoms with E-state index in [1.807, 2.05) is 35.8 Å². The number of para-hydroxylation sites is 2. The molecule has 0 aliphatic rings. The summed E-state index contributed by atoms with van der Waals surface area (Å²) in [5.41, 5.74) is 1.91. The summed E-state index contributed by atoms with van der Waals surface area (Å²) in [7, 11) is 0. The SMILES string of the molecule is Cc1nc2ccccc2n1C[C@H](C)C(=O)O. The van der Waals surface area contributed by atoms with Crippen molar-refractivity contribution >= 4 is 17.0 Å². The van der Waals surface area contributed by atoms with E-state index in [2.05, 4.69) is 4.98 Å². The number of aryl methyl sites for hydroxylation is 1. The lowest BCUT2D eigenvalue weighted by atomic mass is 10.2. The predicted molar refractivity (Wildman–Crippen MR) is 61.3 cm³/mol. The van der Waals surface area contributed by atoms with Crippen LogP contribution in [-0.2, 0) is 11.3 Å². The number of carboxylic acid groups (broad SMARTS) is 1. The first-order chi connectivity index (χ1) is 7.59. The first-order valence-electron chi connectivity index (χ1n) is 5.24. The van der Waals surface area contributed by atoms with E-state index in [1.165, 1.54) is 0 Å². The van der Waals surface area contributed by atoms with Gasteiger partial charge < -0.3 is 9.67 Å². The fourth-order valence-corrected chi connectivity index (χ4v) is 1.78. The average Bonchev–Trinajstić information content (AvgIpc) is 2.55. The molecule has 2 aromatic rings. The molecule has 1 aromatic heterocycles. The van der Waals surface area contributed by atoms with Gasteiger partial charge in [0.2, 0.25) is 0 Å². The highest BCUT2D eigenvalue weighted by Crippen LogP contribution is 2.17. The number of carboxylic acids is 1. The van der Waals surface area contributed by atoms with Crippen LogP contribution >= 0.6 is 0 Å². The number of hydrogen-bond acceptors (Lipinski definition) is 2. The number of nitrogens with zero attached hydrogens (tertiary/aromatic N) is 2. The second kappa shape index (κ2) is 3.96. The van der Waals surface area contributed by atoms with Crippen LogP contribution in [0.15, 0.2) is 24.3 Å². The molecular formula is C12H14N2O2. The largest absolute Gasteiger partial charge is 0.481 e. The summed E-state index contributed by atoms with van der Waals surface area (Å²) in [4.78, 5) is 15.2. The third kappa shape index (κ3) is 1.78. The van der Waals surface area contributed by atoms with Gasteiger partial charge in [0.25, 0.3) is 0 Å². The molecule has 0 radical (unpaired) electrons. The minimum atomic E-state index is -0.780. The predicted octanol–water partition coefficient (Wildman–Crippen LogP) is 2.07. The van der Waals surface area contributed by atoms with Gasteiger partial charge in [0.15, 0.2) is 0 Å². The zero-order valence-electron chi connectivity index (χ0n) is 9.34. The van der Waals surface area contributed by atoms with Gasteiger partial charge in [-0.05, 0) is 19.1 Å². The molecule has 0 bridgehead atoms. The third-order valence-corrected chi connectivity index (χ3v) is 2.72. The standard InChI is InChI=1S/C12H14N2O2/c1-8(12(15)16)7-14-9(2)13-10-5-3-4-6-11(10)14/h3-6,8H,7H2,1-2H3,(H,15,16)/t8-/m0/s1. The summed E-state index contributed by atoms with van der Waals surface area (Å²) in [5, 5.41) is 8.91. The van der Waals surface area contributed by atoms with E-state index in [1.54, 1.807) is 6.92 Å². The number of carbonyl (C=O) groups is 1. The number of aliphatic carboxylic acids is 1. The molecular weight excluding hydrogens is 204 g/mol. The molecule has 0 fully saturated rings. The van der Waals surface area contributed by atoms with Crippen LogP contribution in [-0.4, -0.2) is 20.6 Å². The van der Waals surface area contributed by atoms with Crippen molar-refractivity contribution in [3.63, 3.8) is 0 Å². The minimum Gasteiger partial charge on any atom is -0.481 e. The molecule has 4 nitrogen and oxygen atoms in total. The van der Waals surface area contributed by atoms with Gasteiger partial charge in [-0.3, -0.25) is 4.79 Å². The fourth-order valence-electron chi connectivity index (χ4n) is 1.78. The van der Waals surface area contributed by atoms with E-state index in [0.29, 0.717) is 6.54 Å². The third-order valence-electron chi connectivity index (χ3n) is 2.72. The smallest absolute Gasteiger partial charge is 0.308 e. The number of imidazole rings is 1. The van der Waals surface area contributed by atoms with E-state index in [-0.39, 0.29) is 0 Å². The van der Waals surface area contributed by atoms with Crippen molar-refractivity contribution in [1.82, 2.24) is 9.55 Å². The maximum Gasteiger partial charge on any atom is 0.308 e. The zero-order valence-corrected chi connectivity index (χ0v) is 9.34. The molecule has 0 amide bonds. The Morgan fingerprint density at radius 1 is 1.50 bits per heavy atom. The Bertz CT molecular complexity index is 531. The van der Waals surface area contributed by atoms with Crippen LogP contribution in [0.4, 0.5) is 0 Å². The average molecular weight is 218 g/mol. The zero-order chi connectivity index (χ0) is 11.7. The summed E-state index contributed by atoms with van der Waals surface area (Å²) < 4.78 is 1.95.